The summed E-state index contributed by atoms with van der Waals surface area (Å²) >= 11 is 0. The predicted molar refractivity (Wildman–Crippen MR) is 130 cm³/mol. The van der Waals surface area contributed by atoms with Crippen molar-refractivity contribution in [3.8, 4) is 17.0 Å². The third-order valence-electron chi connectivity index (χ3n) is 6.58. The number of pyridine rings is 1. The summed E-state index contributed by atoms with van der Waals surface area (Å²) in [6, 6.07) is 12.3. The largest absolute Gasteiger partial charge is 0.489 e. The smallest absolute Gasteiger partial charge is 0.251 e. The Hall–Kier alpha value is -4.31. The summed E-state index contributed by atoms with van der Waals surface area (Å²) in [5, 5.41) is 21.7. The second-order valence-electron chi connectivity index (χ2n) is 9.35. The quantitative estimate of drug-likeness (QED) is 0.328. The van der Waals surface area contributed by atoms with Gasteiger partial charge in [0.05, 0.1) is 24.0 Å². The molecule has 2 atom stereocenters. The maximum atomic E-state index is 13.6. The molecule has 0 saturated carbocycles. The summed E-state index contributed by atoms with van der Waals surface area (Å²) < 4.78 is 19.4. The van der Waals surface area contributed by atoms with E-state index in [1.165, 1.54) is 31.2 Å². The lowest BCUT2D eigenvalue weighted by molar-refractivity contribution is -0.123. The molecule has 4 aromatic rings. The summed E-state index contributed by atoms with van der Waals surface area (Å²) in [5.41, 5.74) is 5.67. The van der Waals surface area contributed by atoms with Crippen molar-refractivity contribution < 1.29 is 23.8 Å². The number of nitrogens with one attached hydrogen (secondary N) is 2. The average Bonchev–Trinajstić information content (AvgIpc) is 3.47. The van der Waals surface area contributed by atoms with E-state index >= 15 is 0 Å². The summed E-state index contributed by atoms with van der Waals surface area (Å²) in [6.45, 7) is 3.00. The number of hydrogen-bond donors (Lipinski definition) is 4. The second-order valence-corrected chi connectivity index (χ2v) is 9.35. The number of aliphatic hydroxyl groups is 1. The number of benzene rings is 2. The molecule has 0 spiro atoms. The van der Waals surface area contributed by atoms with E-state index in [-0.39, 0.29) is 24.8 Å². The fourth-order valence-electron chi connectivity index (χ4n) is 4.20. The standard InChI is InChI=1S/C26H24FN5O4/c1-25(24(28)34)13-36-22-18(25)10-20(31-21(22)14-3-6-17(27)7-4-14)26(2,35)12-29-23(33)15-5-8-19-16(9-15)11-30-32-19/h3-11,35H,12-13H2,1-2H3,(H2,28,34)(H,29,33)(H,30,32)/t25-,26-/m0/s1. The molecular formula is C26H24FN5O4. The van der Waals surface area contributed by atoms with Crippen LogP contribution in [0.3, 0.4) is 0 Å². The summed E-state index contributed by atoms with van der Waals surface area (Å²) in [6.07, 6.45) is 1.62. The zero-order valence-electron chi connectivity index (χ0n) is 19.6. The second kappa shape index (κ2) is 8.42. The van der Waals surface area contributed by atoms with E-state index in [4.69, 9.17) is 10.5 Å². The van der Waals surface area contributed by atoms with E-state index in [9.17, 15) is 19.1 Å². The molecule has 0 fully saturated rings. The normalized spacial score (nSPS) is 18.3. The monoisotopic (exact) mass is 489 g/mol. The molecule has 5 N–H and O–H groups in total. The Bertz CT molecular complexity index is 1500. The number of hydrogen-bond acceptors (Lipinski definition) is 6. The Morgan fingerprint density at radius 2 is 2.00 bits per heavy atom. The molecule has 0 unspecified atom stereocenters. The molecule has 5 rings (SSSR count). The molecular weight excluding hydrogens is 465 g/mol. The van der Waals surface area contributed by atoms with Gasteiger partial charge < -0.3 is 20.9 Å². The van der Waals surface area contributed by atoms with Crippen LogP contribution in [0.25, 0.3) is 22.2 Å². The molecule has 2 aromatic heterocycles. The third-order valence-corrected chi connectivity index (χ3v) is 6.58. The van der Waals surface area contributed by atoms with Gasteiger partial charge in [-0.2, -0.15) is 5.10 Å². The lowest BCUT2D eigenvalue weighted by Crippen LogP contribution is -2.41. The molecule has 3 heterocycles. The van der Waals surface area contributed by atoms with E-state index in [1.54, 1.807) is 37.4 Å². The van der Waals surface area contributed by atoms with Crippen LogP contribution in [0.5, 0.6) is 5.75 Å². The van der Waals surface area contributed by atoms with Crippen molar-refractivity contribution in [3.05, 3.63) is 77.4 Å². The van der Waals surface area contributed by atoms with Crippen molar-refractivity contribution >= 4 is 22.7 Å². The number of aromatic nitrogens is 3. The fourth-order valence-corrected chi connectivity index (χ4v) is 4.20. The SMILES string of the molecule is C[C@](O)(CNC(=O)c1ccc2[nH]ncc2c1)c1cc2c(c(-c3ccc(F)cc3)n1)OC[C@]2(C)C(N)=O. The van der Waals surface area contributed by atoms with E-state index in [0.717, 1.165) is 10.9 Å². The van der Waals surface area contributed by atoms with E-state index in [0.29, 0.717) is 28.1 Å². The first-order valence-corrected chi connectivity index (χ1v) is 11.3. The Morgan fingerprint density at radius 1 is 1.25 bits per heavy atom. The van der Waals surface area contributed by atoms with Gasteiger partial charge in [-0.1, -0.05) is 0 Å². The molecule has 184 valence electrons. The summed E-state index contributed by atoms with van der Waals surface area (Å²) in [7, 11) is 0. The van der Waals surface area contributed by atoms with Gasteiger partial charge >= 0.3 is 0 Å². The lowest BCUT2D eigenvalue weighted by Gasteiger charge is -2.26. The van der Waals surface area contributed by atoms with Crippen LogP contribution in [-0.4, -0.2) is 45.3 Å². The first-order chi connectivity index (χ1) is 17.1. The molecule has 0 bridgehead atoms. The van der Waals surface area contributed by atoms with Crippen molar-refractivity contribution in [2.45, 2.75) is 24.9 Å². The molecule has 2 amide bonds. The number of carbonyl (C=O) groups excluding carboxylic acids is 2. The van der Waals surface area contributed by atoms with Gasteiger partial charge in [-0.05, 0) is 62.4 Å². The van der Waals surface area contributed by atoms with Crippen molar-refractivity contribution in [2.24, 2.45) is 5.73 Å². The van der Waals surface area contributed by atoms with Gasteiger partial charge in [-0.3, -0.25) is 14.7 Å². The van der Waals surface area contributed by atoms with Gasteiger partial charge in [0.1, 0.15) is 34.9 Å². The number of nitrogens with two attached hydrogens (primary N) is 1. The van der Waals surface area contributed by atoms with Crippen molar-refractivity contribution in [1.82, 2.24) is 20.5 Å². The molecule has 10 heteroatoms. The third kappa shape index (κ3) is 3.95. The van der Waals surface area contributed by atoms with Crippen LogP contribution in [0.2, 0.25) is 0 Å². The maximum absolute atomic E-state index is 13.6. The number of H-pyrrole nitrogens is 1. The Balaban J connectivity index is 1.50. The molecule has 0 aliphatic carbocycles. The van der Waals surface area contributed by atoms with E-state index in [2.05, 4.69) is 20.5 Å². The van der Waals surface area contributed by atoms with Gasteiger partial charge in [0.15, 0.2) is 0 Å². The minimum Gasteiger partial charge on any atom is -0.489 e. The van der Waals surface area contributed by atoms with Crippen LogP contribution < -0.4 is 15.8 Å². The number of carbonyl (C=O) groups is 2. The Kier molecular flexibility index (Phi) is 5.48. The van der Waals surface area contributed by atoms with Crippen LogP contribution in [0, 0.1) is 5.82 Å². The van der Waals surface area contributed by atoms with Crippen molar-refractivity contribution in [1.29, 1.82) is 0 Å². The minimum atomic E-state index is -1.62. The molecule has 0 saturated heterocycles. The summed E-state index contributed by atoms with van der Waals surface area (Å²) in [4.78, 5) is 29.7. The number of nitrogens with zero attached hydrogens (tertiary/aromatic N) is 2. The molecule has 2 aromatic carbocycles. The zero-order chi connectivity index (χ0) is 25.7. The highest BCUT2D eigenvalue weighted by Crippen LogP contribution is 2.45. The van der Waals surface area contributed by atoms with Crippen LogP contribution in [0.1, 0.15) is 35.5 Å². The first-order valence-electron chi connectivity index (χ1n) is 11.3. The maximum Gasteiger partial charge on any atom is 0.251 e. The van der Waals surface area contributed by atoms with Crippen LogP contribution >= 0.6 is 0 Å². The van der Waals surface area contributed by atoms with Gasteiger partial charge in [0.2, 0.25) is 5.91 Å². The van der Waals surface area contributed by atoms with Gasteiger partial charge in [-0.25, -0.2) is 9.37 Å². The first kappa shape index (κ1) is 23.4. The minimum absolute atomic E-state index is 0.00631. The van der Waals surface area contributed by atoms with Crippen molar-refractivity contribution in [3.63, 3.8) is 0 Å². The van der Waals surface area contributed by atoms with Crippen LogP contribution in [-0.2, 0) is 15.8 Å². The molecule has 0 radical (unpaired) electrons. The molecule has 9 nitrogen and oxygen atoms in total. The number of primary amides is 1. The van der Waals surface area contributed by atoms with Gasteiger partial charge in [-0.15, -0.1) is 0 Å². The number of fused-ring (bicyclic) bond motifs is 2. The number of aromatic amines is 1. The number of rotatable bonds is 6. The Morgan fingerprint density at radius 3 is 2.72 bits per heavy atom. The highest BCUT2D eigenvalue weighted by molar-refractivity contribution is 5.98. The number of halogens is 1. The highest BCUT2D eigenvalue weighted by atomic mass is 19.1. The molecule has 36 heavy (non-hydrogen) atoms. The van der Waals surface area contributed by atoms with Gasteiger partial charge in [0.25, 0.3) is 5.91 Å². The van der Waals surface area contributed by atoms with E-state index < -0.39 is 22.7 Å². The predicted octanol–water partition coefficient (Wildman–Crippen LogP) is 2.54. The molecule has 1 aliphatic heterocycles. The summed E-state index contributed by atoms with van der Waals surface area (Å²) in [5.74, 6) is -1.05. The van der Waals surface area contributed by atoms with Crippen molar-refractivity contribution in [2.75, 3.05) is 13.2 Å². The number of amides is 2. The number of ether oxygens (including phenoxy) is 1. The van der Waals surface area contributed by atoms with Gasteiger partial charge in [0, 0.05) is 22.1 Å². The van der Waals surface area contributed by atoms with E-state index in [1.807, 2.05) is 0 Å². The highest BCUT2D eigenvalue weighted by Gasteiger charge is 2.45. The zero-order valence-corrected chi connectivity index (χ0v) is 19.6. The van der Waals surface area contributed by atoms with Crippen LogP contribution in [0.4, 0.5) is 4.39 Å². The average molecular weight is 490 g/mol. The topological polar surface area (TPSA) is 143 Å². The fraction of sp³-hybridized carbons (Fsp3) is 0.231. The van der Waals surface area contributed by atoms with Crippen LogP contribution in [0.15, 0.2) is 54.7 Å². The Labute approximate surface area is 205 Å². The lowest BCUT2D eigenvalue weighted by atomic mass is 9.82. The molecule has 1 aliphatic rings.